The van der Waals surface area contributed by atoms with Gasteiger partial charge in [-0.05, 0) is 36.4 Å². The second-order valence-corrected chi connectivity index (χ2v) is 8.52. The Balaban J connectivity index is 1.85. The fraction of sp³-hybridized carbons (Fsp3) is 0.0526. The first-order valence-corrected chi connectivity index (χ1v) is 10.2. The van der Waals surface area contributed by atoms with Gasteiger partial charge >= 0.3 is 0 Å². The van der Waals surface area contributed by atoms with Crippen LogP contribution in [0.1, 0.15) is 10.4 Å². The summed E-state index contributed by atoms with van der Waals surface area (Å²) < 4.78 is 27.0. The Bertz CT molecular complexity index is 1120. The van der Waals surface area contributed by atoms with Crippen LogP contribution in [0.2, 0.25) is 10.2 Å². The summed E-state index contributed by atoms with van der Waals surface area (Å²) in [6.45, 7) is 0. The fourth-order valence-corrected chi connectivity index (χ4v) is 3.93. The number of benzene rings is 2. The monoisotopic (exact) mass is 435 g/mol. The van der Waals surface area contributed by atoms with Gasteiger partial charge in [0.15, 0.2) is 0 Å². The SMILES string of the molecule is CN(c1ccccc1)S(=O)(=O)c1cccc(NC(=O)c2cnc(Cl)c(Cl)c2)c1. The predicted molar refractivity (Wildman–Crippen MR) is 111 cm³/mol. The minimum atomic E-state index is -3.80. The smallest absolute Gasteiger partial charge is 0.264 e. The standard InChI is InChI=1S/C19H15Cl2N3O3S/c1-24(15-7-3-2-4-8-15)28(26,27)16-9-5-6-14(11-16)23-19(25)13-10-17(20)18(21)22-12-13/h2-12H,1H3,(H,23,25). The maximum Gasteiger partial charge on any atom is 0.264 e. The molecule has 0 saturated carbocycles. The number of nitrogens with one attached hydrogen (secondary N) is 1. The number of pyridine rings is 1. The minimum Gasteiger partial charge on any atom is -0.322 e. The van der Waals surface area contributed by atoms with Crippen molar-refractivity contribution in [2.45, 2.75) is 4.90 Å². The van der Waals surface area contributed by atoms with Crippen LogP contribution >= 0.6 is 23.2 Å². The zero-order valence-corrected chi connectivity index (χ0v) is 17.0. The van der Waals surface area contributed by atoms with E-state index in [0.29, 0.717) is 11.4 Å². The average Bonchev–Trinajstić information content (AvgIpc) is 2.70. The van der Waals surface area contributed by atoms with Gasteiger partial charge in [0.1, 0.15) is 5.15 Å². The van der Waals surface area contributed by atoms with E-state index in [1.54, 1.807) is 42.5 Å². The second-order valence-electron chi connectivity index (χ2n) is 5.79. The lowest BCUT2D eigenvalue weighted by Crippen LogP contribution is -2.26. The van der Waals surface area contributed by atoms with Gasteiger partial charge in [0.05, 0.1) is 21.2 Å². The number of rotatable bonds is 5. The third kappa shape index (κ3) is 4.27. The topological polar surface area (TPSA) is 79.4 Å². The summed E-state index contributed by atoms with van der Waals surface area (Å²) >= 11 is 11.6. The number of sulfonamides is 1. The van der Waals surface area contributed by atoms with Crippen molar-refractivity contribution in [3.05, 3.63) is 82.6 Å². The molecule has 144 valence electrons. The number of nitrogens with zero attached hydrogens (tertiary/aromatic N) is 2. The van der Waals surface area contributed by atoms with Crippen molar-refractivity contribution in [2.75, 3.05) is 16.7 Å². The molecule has 2 aromatic carbocycles. The van der Waals surface area contributed by atoms with Crippen molar-refractivity contribution in [2.24, 2.45) is 0 Å². The van der Waals surface area contributed by atoms with Gasteiger partial charge in [-0.2, -0.15) is 0 Å². The molecule has 1 amide bonds. The number of anilines is 2. The fourth-order valence-electron chi connectivity index (χ4n) is 2.42. The van der Waals surface area contributed by atoms with Crippen molar-refractivity contribution < 1.29 is 13.2 Å². The van der Waals surface area contributed by atoms with Crippen molar-refractivity contribution in [1.82, 2.24) is 4.98 Å². The van der Waals surface area contributed by atoms with Crippen LogP contribution in [0, 0.1) is 0 Å². The molecule has 0 radical (unpaired) electrons. The molecule has 28 heavy (non-hydrogen) atoms. The normalized spacial score (nSPS) is 11.1. The summed E-state index contributed by atoms with van der Waals surface area (Å²) in [7, 11) is -2.33. The van der Waals surface area contributed by atoms with E-state index in [9.17, 15) is 13.2 Å². The van der Waals surface area contributed by atoms with E-state index >= 15 is 0 Å². The Morgan fingerprint density at radius 3 is 2.43 bits per heavy atom. The molecule has 9 heteroatoms. The number of hydrogen-bond acceptors (Lipinski definition) is 4. The highest BCUT2D eigenvalue weighted by molar-refractivity contribution is 7.92. The summed E-state index contributed by atoms with van der Waals surface area (Å²) in [4.78, 5) is 16.3. The number of carbonyl (C=O) groups excluding carboxylic acids is 1. The molecule has 0 bridgehead atoms. The van der Waals surface area contributed by atoms with Crippen LogP contribution in [0.15, 0.2) is 71.8 Å². The molecular formula is C19H15Cl2N3O3S. The molecule has 0 fully saturated rings. The predicted octanol–water partition coefficient (Wildman–Crippen LogP) is 4.47. The van der Waals surface area contributed by atoms with Crippen LogP contribution in [0.5, 0.6) is 0 Å². The van der Waals surface area contributed by atoms with E-state index < -0.39 is 15.9 Å². The Kier molecular flexibility index (Phi) is 5.88. The summed E-state index contributed by atoms with van der Waals surface area (Å²) in [5, 5.41) is 2.87. The van der Waals surface area contributed by atoms with Gasteiger partial charge in [0, 0.05) is 18.9 Å². The molecule has 1 aromatic heterocycles. The van der Waals surface area contributed by atoms with Crippen LogP contribution < -0.4 is 9.62 Å². The summed E-state index contributed by atoms with van der Waals surface area (Å²) in [5.41, 5.74) is 1.04. The molecule has 3 rings (SSSR count). The number of para-hydroxylation sites is 1. The Labute approximate surface area is 172 Å². The number of hydrogen-bond donors (Lipinski definition) is 1. The van der Waals surface area contributed by atoms with Crippen molar-refractivity contribution in [3.8, 4) is 0 Å². The molecule has 6 nitrogen and oxygen atoms in total. The number of halogens is 2. The van der Waals surface area contributed by atoms with Gasteiger partial charge in [-0.15, -0.1) is 0 Å². The van der Waals surface area contributed by atoms with E-state index in [0.717, 1.165) is 0 Å². The zero-order chi connectivity index (χ0) is 20.3. The molecule has 1 heterocycles. The molecule has 0 aliphatic carbocycles. The first-order chi connectivity index (χ1) is 13.3. The summed E-state index contributed by atoms with van der Waals surface area (Å²) in [6, 6.07) is 16.1. The lowest BCUT2D eigenvalue weighted by molar-refractivity contribution is 0.102. The van der Waals surface area contributed by atoms with Crippen LogP contribution in [0.3, 0.4) is 0 Å². The van der Waals surface area contributed by atoms with Crippen LogP contribution in [-0.4, -0.2) is 26.4 Å². The van der Waals surface area contributed by atoms with Crippen molar-refractivity contribution in [3.63, 3.8) is 0 Å². The number of carbonyl (C=O) groups is 1. The van der Waals surface area contributed by atoms with E-state index in [1.807, 2.05) is 0 Å². The van der Waals surface area contributed by atoms with Crippen molar-refractivity contribution >= 4 is 50.5 Å². The largest absolute Gasteiger partial charge is 0.322 e. The van der Waals surface area contributed by atoms with E-state index in [4.69, 9.17) is 23.2 Å². The zero-order valence-electron chi connectivity index (χ0n) is 14.6. The Hall–Kier alpha value is -2.61. The maximum atomic E-state index is 12.9. The molecule has 1 N–H and O–H groups in total. The third-order valence-corrected chi connectivity index (χ3v) is 6.40. The highest BCUT2D eigenvalue weighted by Gasteiger charge is 2.21. The molecule has 3 aromatic rings. The molecule has 0 aliphatic heterocycles. The van der Waals surface area contributed by atoms with Crippen LogP contribution in [0.4, 0.5) is 11.4 Å². The number of aromatic nitrogens is 1. The van der Waals surface area contributed by atoms with Gasteiger partial charge < -0.3 is 5.32 Å². The summed E-state index contributed by atoms with van der Waals surface area (Å²) in [5.74, 6) is -0.489. The molecule has 0 atom stereocenters. The van der Waals surface area contributed by atoms with Gasteiger partial charge in [0.25, 0.3) is 15.9 Å². The second kappa shape index (κ2) is 8.18. The van der Waals surface area contributed by atoms with Crippen molar-refractivity contribution in [1.29, 1.82) is 0 Å². The number of amides is 1. The average molecular weight is 436 g/mol. The first-order valence-electron chi connectivity index (χ1n) is 8.05. The van der Waals surface area contributed by atoms with E-state index in [-0.39, 0.29) is 20.6 Å². The maximum absolute atomic E-state index is 12.9. The third-order valence-electron chi connectivity index (χ3n) is 3.93. The van der Waals surface area contributed by atoms with Gasteiger partial charge in [0.2, 0.25) is 0 Å². The summed E-state index contributed by atoms with van der Waals surface area (Å²) in [6.07, 6.45) is 1.29. The van der Waals surface area contributed by atoms with Crippen LogP contribution in [0.25, 0.3) is 0 Å². The lowest BCUT2D eigenvalue weighted by Gasteiger charge is -2.19. The first kappa shape index (κ1) is 20.1. The highest BCUT2D eigenvalue weighted by Crippen LogP contribution is 2.24. The highest BCUT2D eigenvalue weighted by atomic mass is 35.5. The molecular weight excluding hydrogens is 421 g/mol. The Morgan fingerprint density at radius 1 is 1.04 bits per heavy atom. The molecule has 0 unspecified atom stereocenters. The minimum absolute atomic E-state index is 0.0453. The molecule has 0 saturated heterocycles. The van der Waals surface area contributed by atoms with Crippen LogP contribution in [-0.2, 0) is 10.0 Å². The van der Waals surface area contributed by atoms with Gasteiger partial charge in [-0.3, -0.25) is 9.10 Å². The van der Waals surface area contributed by atoms with E-state index in [2.05, 4.69) is 10.3 Å². The quantitative estimate of drug-likeness (QED) is 0.599. The molecule has 0 spiro atoms. The van der Waals surface area contributed by atoms with E-state index in [1.165, 1.54) is 35.7 Å². The Morgan fingerprint density at radius 2 is 1.75 bits per heavy atom. The van der Waals surface area contributed by atoms with Gasteiger partial charge in [-0.25, -0.2) is 13.4 Å². The molecule has 0 aliphatic rings. The lowest BCUT2D eigenvalue weighted by atomic mass is 10.2. The van der Waals surface area contributed by atoms with Gasteiger partial charge in [-0.1, -0.05) is 47.5 Å².